The van der Waals surface area contributed by atoms with Gasteiger partial charge in [-0.25, -0.2) is 0 Å². The highest BCUT2D eigenvalue weighted by molar-refractivity contribution is 5.21. The molecule has 1 aromatic rings. The molecule has 1 aromatic carbocycles. The molecule has 0 amide bonds. The summed E-state index contributed by atoms with van der Waals surface area (Å²) in [5, 5.41) is 10.6. The fourth-order valence-corrected chi connectivity index (χ4v) is 2.85. The van der Waals surface area contributed by atoms with E-state index in [1.165, 1.54) is 25.7 Å². The first-order valence-electron chi connectivity index (χ1n) is 6.58. The predicted octanol–water partition coefficient (Wildman–Crippen LogP) is 2.77. The summed E-state index contributed by atoms with van der Waals surface area (Å²) < 4.78 is 0. The molecule has 1 aliphatic rings. The van der Waals surface area contributed by atoms with Gasteiger partial charge in [-0.15, -0.1) is 0 Å². The molecule has 94 valence electrons. The lowest BCUT2D eigenvalue weighted by Crippen LogP contribution is -2.41. The largest absolute Gasteiger partial charge is 0.384 e. The van der Waals surface area contributed by atoms with Crippen LogP contribution in [0.1, 0.15) is 38.2 Å². The molecular weight excluding hydrogens is 210 g/mol. The number of rotatable bonds is 4. The van der Waals surface area contributed by atoms with Crippen LogP contribution in [0.25, 0.3) is 0 Å². The first kappa shape index (κ1) is 12.6. The highest BCUT2D eigenvalue weighted by Crippen LogP contribution is 2.27. The molecular formula is C15H23NO. The molecule has 0 aromatic heterocycles. The molecule has 1 aliphatic carbocycles. The second-order valence-electron chi connectivity index (χ2n) is 5.49. The van der Waals surface area contributed by atoms with Gasteiger partial charge in [-0.05, 0) is 32.4 Å². The fraction of sp³-hybridized carbons (Fsp3) is 0.600. The van der Waals surface area contributed by atoms with Crippen molar-refractivity contribution in [1.29, 1.82) is 0 Å². The van der Waals surface area contributed by atoms with Crippen molar-refractivity contribution in [3.05, 3.63) is 35.9 Å². The Kier molecular flexibility index (Phi) is 3.85. The van der Waals surface area contributed by atoms with E-state index in [0.29, 0.717) is 12.6 Å². The summed E-state index contributed by atoms with van der Waals surface area (Å²) in [5.74, 6) is 0. The number of aliphatic hydroxyl groups is 1. The molecule has 1 saturated carbocycles. The second kappa shape index (κ2) is 5.19. The SMILES string of the molecule is CN(CC(C)(O)c1ccccc1)C1CCCC1. The minimum absolute atomic E-state index is 0.658. The maximum Gasteiger partial charge on any atom is 0.0994 e. The van der Waals surface area contributed by atoms with E-state index in [0.717, 1.165) is 5.56 Å². The van der Waals surface area contributed by atoms with Crippen LogP contribution in [0.5, 0.6) is 0 Å². The number of nitrogens with zero attached hydrogens (tertiary/aromatic N) is 1. The Morgan fingerprint density at radius 3 is 2.41 bits per heavy atom. The van der Waals surface area contributed by atoms with Gasteiger partial charge in [-0.2, -0.15) is 0 Å². The number of likely N-dealkylation sites (N-methyl/N-ethyl adjacent to an activating group) is 1. The van der Waals surface area contributed by atoms with Crippen LogP contribution in [-0.2, 0) is 5.60 Å². The summed E-state index contributed by atoms with van der Waals surface area (Å²) >= 11 is 0. The molecule has 0 radical (unpaired) electrons. The number of hydrogen-bond acceptors (Lipinski definition) is 2. The summed E-state index contributed by atoms with van der Waals surface area (Å²) in [6.45, 7) is 2.62. The Morgan fingerprint density at radius 2 is 1.82 bits per heavy atom. The minimum Gasteiger partial charge on any atom is -0.384 e. The standard InChI is InChI=1S/C15H23NO/c1-15(17,13-8-4-3-5-9-13)12-16(2)14-10-6-7-11-14/h3-5,8-9,14,17H,6-7,10-12H2,1-2H3. The van der Waals surface area contributed by atoms with Gasteiger partial charge in [0, 0.05) is 12.6 Å². The third-order valence-corrected chi connectivity index (χ3v) is 3.90. The number of hydrogen-bond donors (Lipinski definition) is 1. The molecule has 0 spiro atoms. The maximum absolute atomic E-state index is 10.6. The Hall–Kier alpha value is -0.860. The van der Waals surface area contributed by atoms with Crippen molar-refractivity contribution in [2.45, 2.75) is 44.2 Å². The van der Waals surface area contributed by atoms with Crippen LogP contribution in [-0.4, -0.2) is 29.6 Å². The zero-order valence-corrected chi connectivity index (χ0v) is 10.9. The molecule has 2 rings (SSSR count). The normalized spacial score (nSPS) is 20.7. The van der Waals surface area contributed by atoms with Crippen molar-refractivity contribution in [3.8, 4) is 0 Å². The zero-order chi connectivity index (χ0) is 12.3. The van der Waals surface area contributed by atoms with E-state index in [4.69, 9.17) is 0 Å². The van der Waals surface area contributed by atoms with Crippen molar-refractivity contribution >= 4 is 0 Å². The molecule has 1 unspecified atom stereocenters. The Balaban J connectivity index is 2.01. The second-order valence-corrected chi connectivity index (χ2v) is 5.49. The summed E-state index contributed by atoms with van der Waals surface area (Å²) in [7, 11) is 2.13. The maximum atomic E-state index is 10.6. The summed E-state index contributed by atoms with van der Waals surface area (Å²) in [6, 6.07) is 10.6. The van der Waals surface area contributed by atoms with Gasteiger partial charge in [-0.3, -0.25) is 0 Å². The summed E-state index contributed by atoms with van der Waals surface area (Å²) in [5.41, 5.74) is 0.253. The average Bonchev–Trinajstić information content (AvgIpc) is 2.83. The van der Waals surface area contributed by atoms with E-state index in [1.54, 1.807) is 0 Å². The van der Waals surface area contributed by atoms with Crippen molar-refractivity contribution in [2.75, 3.05) is 13.6 Å². The van der Waals surface area contributed by atoms with Crippen molar-refractivity contribution in [3.63, 3.8) is 0 Å². The molecule has 1 N–H and O–H groups in total. The first-order chi connectivity index (χ1) is 8.09. The van der Waals surface area contributed by atoms with Crippen LogP contribution in [0.2, 0.25) is 0 Å². The zero-order valence-electron chi connectivity index (χ0n) is 10.9. The molecule has 17 heavy (non-hydrogen) atoms. The molecule has 0 aliphatic heterocycles. The molecule has 1 fully saturated rings. The average molecular weight is 233 g/mol. The lowest BCUT2D eigenvalue weighted by Gasteiger charge is -2.33. The third-order valence-electron chi connectivity index (χ3n) is 3.90. The monoisotopic (exact) mass is 233 g/mol. The van der Waals surface area contributed by atoms with E-state index in [1.807, 2.05) is 37.3 Å². The van der Waals surface area contributed by atoms with E-state index >= 15 is 0 Å². The van der Waals surface area contributed by atoms with Gasteiger partial charge in [0.15, 0.2) is 0 Å². The van der Waals surface area contributed by atoms with E-state index in [2.05, 4.69) is 11.9 Å². The molecule has 0 saturated heterocycles. The van der Waals surface area contributed by atoms with Gasteiger partial charge in [0.05, 0.1) is 5.60 Å². The van der Waals surface area contributed by atoms with Crippen LogP contribution in [0, 0.1) is 0 Å². The predicted molar refractivity (Wildman–Crippen MR) is 70.9 cm³/mol. The van der Waals surface area contributed by atoms with Gasteiger partial charge in [0.25, 0.3) is 0 Å². The Labute approximate surface area is 104 Å². The van der Waals surface area contributed by atoms with Crippen LogP contribution in [0.3, 0.4) is 0 Å². The minimum atomic E-state index is -0.751. The lowest BCUT2D eigenvalue weighted by atomic mass is 9.95. The summed E-state index contributed by atoms with van der Waals surface area (Å²) in [6.07, 6.45) is 5.23. The quantitative estimate of drug-likeness (QED) is 0.864. The van der Waals surface area contributed by atoms with Gasteiger partial charge in [-0.1, -0.05) is 43.2 Å². The summed E-state index contributed by atoms with van der Waals surface area (Å²) in [4.78, 5) is 2.32. The molecule has 2 nitrogen and oxygen atoms in total. The Bertz CT molecular complexity index is 341. The van der Waals surface area contributed by atoms with E-state index in [-0.39, 0.29) is 0 Å². The van der Waals surface area contributed by atoms with Crippen LogP contribution in [0.15, 0.2) is 30.3 Å². The fourth-order valence-electron chi connectivity index (χ4n) is 2.85. The topological polar surface area (TPSA) is 23.5 Å². The van der Waals surface area contributed by atoms with Gasteiger partial charge < -0.3 is 10.0 Å². The van der Waals surface area contributed by atoms with E-state index in [9.17, 15) is 5.11 Å². The molecule has 0 heterocycles. The first-order valence-corrected chi connectivity index (χ1v) is 6.58. The number of benzene rings is 1. The van der Waals surface area contributed by atoms with Gasteiger partial charge in [0.2, 0.25) is 0 Å². The van der Waals surface area contributed by atoms with Crippen molar-refractivity contribution in [1.82, 2.24) is 4.90 Å². The van der Waals surface area contributed by atoms with Crippen LogP contribution >= 0.6 is 0 Å². The molecule has 2 heteroatoms. The molecule has 0 bridgehead atoms. The smallest absolute Gasteiger partial charge is 0.0994 e. The van der Waals surface area contributed by atoms with Crippen LogP contribution < -0.4 is 0 Å². The lowest BCUT2D eigenvalue weighted by molar-refractivity contribution is 0.0121. The Morgan fingerprint density at radius 1 is 1.24 bits per heavy atom. The highest BCUT2D eigenvalue weighted by atomic mass is 16.3. The third kappa shape index (κ3) is 3.08. The van der Waals surface area contributed by atoms with Crippen molar-refractivity contribution in [2.24, 2.45) is 0 Å². The van der Waals surface area contributed by atoms with Crippen molar-refractivity contribution < 1.29 is 5.11 Å². The molecule has 1 atom stereocenters. The highest BCUT2D eigenvalue weighted by Gasteiger charge is 2.28. The van der Waals surface area contributed by atoms with Gasteiger partial charge in [0.1, 0.15) is 0 Å². The van der Waals surface area contributed by atoms with E-state index < -0.39 is 5.60 Å². The van der Waals surface area contributed by atoms with Gasteiger partial charge >= 0.3 is 0 Å². The van der Waals surface area contributed by atoms with Crippen LogP contribution in [0.4, 0.5) is 0 Å².